The summed E-state index contributed by atoms with van der Waals surface area (Å²) in [5.41, 5.74) is 2.68. The molecule has 3 aromatic rings. The third-order valence-corrected chi connectivity index (χ3v) is 4.69. The first kappa shape index (κ1) is 15.4. The zero-order valence-corrected chi connectivity index (χ0v) is 14.1. The summed E-state index contributed by atoms with van der Waals surface area (Å²) in [7, 11) is 0. The highest BCUT2D eigenvalue weighted by molar-refractivity contribution is 7.12. The highest BCUT2D eigenvalue weighted by Crippen LogP contribution is 2.26. The Hall–Kier alpha value is -2.47. The smallest absolute Gasteiger partial charge is 0.251 e. The van der Waals surface area contributed by atoms with E-state index in [9.17, 15) is 4.79 Å². The number of nitrogens with one attached hydrogen (secondary N) is 1. The third kappa shape index (κ3) is 3.32. The second kappa shape index (κ2) is 6.34. The summed E-state index contributed by atoms with van der Waals surface area (Å²) in [6, 6.07) is 9.43. The molecule has 1 unspecified atom stereocenters. The Morgan fingerprint density at radius 1 is 1.26 bits per heavy atom. The Morgan fingerprint density at radius 2 is 2.00 bits per heavy atom. The maximum Gasteiger partial charge on any atom is 0.251 e. The van der Waals surface area contributed by atoms with Crippen LogP contribution in [0.5, 0.6) is 0 Å². The Balaban J connectivity index is 1.72. The van der Waals surface area contributed by atoms with Crippen LogP contribution in [-0.2, 0) is 0 Å². The number of amides is 1. The van der Waals surface area contributed by atoms with Gasteiger partial charge >= 0.3 is 0 Å². The highest BCUT2D eigenvalue weighted by Gasteiger charge is 2.15. The van der Waals surface area contributed by atoms with Crippen LogP contribution in [0.15, 0.2) is 43.0 Å². The lowest BCUT2D eigenvalue weighted by Gasteiger charge is -2.14. The number of aryl methyl sites for hydroxylation is 2. The second-order valence-electron chi connectivity index (χ2n) is 5.45. The van der Waals surface area contributed by atoms with E-state index in [1.54, 1.807) is 34.5 Å². The van der Waals surface area contributed by atoms with Crippen LogP contribution in [0.4, 0.5) is 0 Å². The average Bonchev–Trinajstić information content (AvgIpc) is 3.17. The number of benzene rings is 1. The number of hydrogen-bond acceptors (Lipinski definition) is 4. The summed E-state index contributed by atoms with van der Waals surface area (Å²) >= 11 is 1.75. The van der Waals surface area contributed by atoms with Crippen LogP contribution in [0, 0.1) is 13.8 Å². The zero-order chi connectivity index (χ0) is 16.4. The van der Waals surface area contributed by atoms with Gasteiger partial charge in [0.1, 0.15) is 12.7 Å². The van der Waals surface area contributed by atoms with Gasteiger partial charge in [-0.1, -0.05) is 0 Å². The molecule has 23 heavy (non-hydrogen) atoms. The first-order chi connectivity index (χ1) is 11.0. The van der Waals surface area contributed by atoms with Crippen molar-refractivity contribution in [2.24, 2.45) is 0 Å². The monoisotopic (exact) mass is 326 g/mol. The molecule has 0 spiro atoms. The van der Waals surface area contributed by atoms with Crippen molar-refractivity contribution in [3.8, 4) is 5.69 Å². The van der Waals surface area contributed by atoms with Crippen molar-refractivity contribution in [2.75, 3.05) is 0 Å². The fourth-order valence-corrected chi connectivity index (χ4v) is 3.57. The summed E-state index contributed by atoms with van der Waals surface area (Å²) < 4.78 is 1.65. The third-order valence-electron chi connectivity index (χ3n) is 3.71. The fourth-order valence-electron chi connectivity index (χ4n) is 2.55. The number of carbonyl (C=O) groups is 1. The van der Waals surface area contributed by atoms with Gasteiger partial charge in [-0.25, -0.2) is 9.67 Å². The Kier molecular flexibility index (Phi) is 4.25. The van der Waals surface area contributed by atoms with E-state index >= 15 is 0 Å². The summed E-state index contributed by atoms with van der Waals surface area (Å²) in [6.45, 7) is 6.18. The van der Waals surface area contributed by atoms with Gasteiger partial charge in [-0.3, -0.25) is 4.79 Å². The van der Waals surface area contributed by atoms with E-state index in [1.165, 1.54) is 21.6 Å². The molecule has 6 heteroatoms. The molecule has 0 saturated heterocycles. The minimum atomic E-state index is -0.0779. The van der Waals surface area contributed by atoms with E-state index in [4.69, 9.17) is 0 Å². The molecule has 0 fully saturated rings. The molecular weight excluding hydrogens is 308 g/mol. The molecule has 0 aliphatic carbocycles. The van der Waals surface area contributed by atoms with Crippen molar-refractivity contribution < 1.29 is 4.79 Å². The van der Waals surface area contributed by atoms with Gasteiger partial charge in [-0.2, -0.15) is 5.10 Å². The topological polar surface area (TPSA) is 59.8 Å². The lowest BCUT2D eigenvalue weighted by molar-refractivity contribution is 0.0940. The molecule has 0 aliphatic heterocycles. The second-order valence-corrected chi connectivity index (χ2v) is 6.91. The number of aromatic nitrogens is 3. The molecule has 5 nitrogen and oxygen atoms in total. The van der Waals surface area contributed by atoms with Gasteiger partial charge in [-0.15, -0.1) is 11.3 Å². The summed E-state index contributed by atoms with van der Waals surface area (Å²) in [4.78, 5) is 18.8. The van der Waals surface area contributed by atoms with Gasteiger partial charge in [-0.05, 0) is 56.7 Å². The first-order valence-electron chi connectivity index (χ1n) is 7.37. The highest BCUT2D eigenvalue weighted by atomic mass is 32.1. The standard InChI is InChI=1S/C17H18N4OS/c1-11-8-16(13(3)23-11)12(2)20-17(22)14-4-6-15(7-5-14)21-10-18-9-19-21/h4-10,12H,1-3H3,(H,20,22). The lowest BCUT2D eigenvalue weighted by Crippen LogP contribution is -2.26. The van der Waals surface area contributed by atoms with Gasteiger partial charge in [0, 0.05) is 15.3 Å². The molecule has 2 aromatic heterocycles. The van der Waals surface area contributed by atoms with Crippen LogP contribution >= 0.6 is 11.3 Å². The SMILES string of the molecule is Cc1cc(C(C)NC(=O)c2ccc(-n3cncn3)cc2)c(C)s1. The number of nitrogens with zero attached hydrogens (tertiary/aromatic N) is 3. The van der Waals surface area contributed by atoms with Crippen LogP contribution in [-0.4, -0.2) is 20.7 Å². The maximum absolute atomic E-state index is 12.4. The summed E-state index contributed by atoms with van der Waals surface area (Å²) in [6.07, 6.45) is 3.10. The maximum atomic E-state index is 12.4. The number of carbonyl (C=O) groups excluding carboxylic acids is 1. The quantitative estimate of drug-likeness (QED) is 0.799. The first-order valence-corrected chi connectivity index (χ1v) is 8.19. The number of hydrogen-bond donors (Lipinski definition) is 1. The molecule has 0 saturated carbocycles. The lowest BCUT2D eigenvalue weighted by atomic mass is 10.1. The van der Waals surface area contributed by atoms with E-state index in [0.29, 0.717) is 5.56 Å². The molecule has 0 radical (unpaired) electrons. The predicted molar refractivity (Wildman–Crippen MR) is 91.0 cm³/mol. The van der Waals surface area contributed by atoms with Crippen molar-refractivity contribution in [2.45, 2.75) is 26.8 Å². The van der Waals surface area contributed by atoms with Gasteiger partial charge in [0.15, 0.2) is 0 Å². The molecule has 1 atom stereocenters. The van der Waals surface area contributed by atoms with Crippen molar-refractivity contribution in [1.29, 1.82) is 0 Å². The zero-order valence-electron chi connectivity index (χ0n) is 13.3. The van der Waals surface area contributed by atoms with Crippen LogP contribution in [0.25, 0.3) is 5.69 Å². The van der Waals surface area contributed by atoms with E-state index in [0.717, 1.165) is 5.69 Å². The molecule has 2 heterocycles. The average molecular weight is 326 g/mol. The van der Waals surface area contributed by atoms with Crippen LogP contribution in [0.1, 0.15) is 38.6 Å². The van der Waals surface area contributed by atoms with Crippen LogP contribution < -0.4 is 5.32 Å². The van der Waals surface area contributed by atoms with Crippen LogP contribution in [0.2, 0.25) is 0 Å². The molecule has 1 amide bonds. The molecule has 0 bridgehead atoms. The number of rotatable bonds is 4. The minimum Gasteiger partial charge on any atom is -0.345 e. The van der Waals surface area contributed by atoms with Gasteiger partial charge in [0.2, 0.25) is 0 Å². The molecular formula is C17H18N4OS. The number of thiophene rings is 1. The summed E-state index contributed by atoms with van der Waals surface area (Å²) in [5, 5.41) is 7.12. The van der Waals surface area contributed by atoms with Crippen molar-refractivity contribution in [1.82, 2.24) is 20.1 Å². The van der Waals surface area contributed by atoms with E-state index < -0.39 is 0 Å². The summed E-state index contributed by atoms with van der Waals surface area (Å²) in [5.74, 6) is -0.0779. The van der Waals surface area contributed by atoms with E-state index in [-0.39, 0.29) is 11.9 Å². The minimum absolute atomic E-state index is 0.0116. The van der Waals surface area contributed by atoms with E-state index in [1.807, 2.05) is 19.1 Å². The molecule has 1 aromatic carbocycles. The Morgan fingerprint density at radius 3 is 2.57 bits per heavy atom. The Labute approximate surface area is 139 Å². The predicted octanol–water partition coefficient (Wildman–Crippen LogP) is 3.44. The van der Waals surface area contributed by atoms with Crippen molar-refractivity contribution in [3.63, 3.8) is 0 Å². The molecule has 0 aliphatic rings. The molecule has 1 N–H and O–H groups in total. The van der Waals surface area contributed by atoms with Crippen molar-refractivity contribution in [3.05, 3.63) is 63.9 Å². The normalized spacial score (nSPS) is 12.1. The van der Waals surface area contributed by atoms with Gasteiger partial charge in [0.25, 0.3) is 5.91 Å². The molecule has 118 valence electrons. The van der Waals surface area contributed by atoms with Gasteiger partial charge in [0.05, 0.1) is 11.7 Å². The fraction of sp³-hybridized carbons (Fsp3) is 0.235. The largest absolute Gasteiger partial charge is 0.345 e. The van der Waals surface area contributed by atoms with E-state index in [2.05, 4.69) is 35.3 Å². The van der Waals surface area contributed by atoms with Crippen LogP contribution in [0.3, 0.4) is 0 Å². The van der Waals surface area contributed by atoms with Gasteiger partial charge < -0.3 is 5.32 Å². The molecule has 3 rings (SSSR count). The Bertz CT molecular complexity index is 806. The van der Waals surface area contributed by atoms with Crippen molar-refractivity contribution >= 4 is 17.2 Å².